The maximum Gasteiger partial charge on any atom is 0.207 e. The lowest BCUT2D eigenvalue weighted by atomic mass is 10.1. The van der Waals surface area contributed by atoms with Gasteiger partial charge in [-0.25, -0.2) is 4.39 Å². The molecular formula is C10H5BrFN5. The van der Waals surface area contributed by atoms with Gasteiger partial charge in [0.05, 0.1) is 5.56 Å². The van der Waals surface area contributed by atoms with Crippen LogP contribution in [0.1, 0.15) is 0 Å². The van der Waals surface area contributed by atoms with Crippen LogP contribution in [0.2, 0.25) is 0 Å². The summed E-state index contributed by atoms with van der Waals surface area (Å²) in [6, 6.07) is 3.07. The highest BCUT2D eigenvalue weighted by Crippen LogP contribution is 2.28. The number of nitrogens with one attached hydrogen (secondary N) is 1. The summed E-state index contributed by atoms with van der Waals surface area (Å²) in [7, 11) is 0. The van der Waals surface area contributed by atoms with Crippen molar-refractivity contribution in [1.29, 1.82) is 0 Å². The lowest BCUT2D eigenvalue weighted by Gasteiger charge is -2.03. The van der Waals surface area contributed by atoms with E-state index in [9.17, 15) is 4.39 Å². The molecule has 7 heteroatoms. The van der Waals surface area contributed by atoms with Gasteiger partial charge in [0.15, 0.2) is 0 Å². The summed E-state index contributed by atoms with van der Waals surface area (Å²) < 4.78 is 14.6. The number of aromatic amines is 1. The van der Waals surface area contributed by atoms with Crippen molar-refractivity contribution in [3.63, 3.8) is 0 Å². The molecular weight excluding hydrogens is 289 g/mol. The second-order valence-corrected chi connectivity index (χ2v) is 4.26. The Balaban J connectivity index is 2.34. The molecule has 0 aliphatic rings. The zero-order valence-corrected chi connectivity index (χ0v) is 9.94. The van der Waals surface area contributed by atoms with E-state index in [1.807, 2.05) is 0 Å². The van der Waals surface area contributed by atoms with Gasteiger partial charge in [0.25, 0.3) is 0 Å². The zero-order valence-electron chi connectivity index (χ0n) is 8.35. The van der Waals surface area contributed by atoms with Crippen LogP contribution in [0.5, 0.6) is 0 Å². The largest absolute Gasteiger partial charge is 0.263 e. The van der Waals surface area contributed by atoms with Crippen LogP contribution < -0.4 is 0 Å². The molecule has 0 aliphatic carbocycles. The number of nitrogens with zero attached hydrogens (tertiary/aromatic N) is 4. The molecule has 0 fully saturated rings. The number of rotatable bonds is 1. The number of hydrogen-bond donors (Lipinski definition) is 1. The summed E-state index contributed by atoms with van der Waals surface area (Å²) in [6.07, 6.45) is 3.25. The molecule has 1 N–H and O–H groups in total. The van der Waals surface area contributed by atoms with Crippen molar-refractivity contribution in [3.8, 4) is 11.4 Å². The van der Waals surface area contributed by atoms with Gasteiger partial charge in [0, 0.05) is 22.3 Å². The first-order chi connectivity index (χ1) is 8.25. The molecule has 0 saturated carbocycles. The smallest absolute Gasteiger partial charge is 0.207 e. The van der Waals surface area contributed by atoms with Gasteiger partial charge in [-0.05, 0) is 38.7 Å². The number of benzene rings is 1. The highest BCUT2D eigenvalue weighted by molar-refractivity contribution is 9.10. The summed E-state index contributed by atoms with van der Waals surface area (Å²) >= 11 is 3.37. The van der Waals surface area contributed by atoms with E-state index in [2.05, 4.69) is 41.5 Å². The first kappa shape index (κ1) is 10.3. The SMILES string of the molecule is Fc1cc2cncc(Br)c2cc1-c1nn[nH]n1. The van der Waals surface area contributed by atoms with E-state index in [0.717, 1.165) is 9.86 Å². The van der Waals surface area contributed by atoms with Crippen LogP contribution in [0.15, 0.2) is 29.0 Å². The van der Waals surface area contributed by atoms with Crippen LogP contribution in [-0.2, 0) is 0 Å². The highest BCUT2D eigenvalue weighted by Gasteiger charge is 2.12. The normalized spacial score (nSPS) is 10.9. The lowest BCUT2D eigenvalue weighted by Crippen LogP contribution is -1.89. The van der Waals surface area contributed by atoms with Gasteiger partial charge in [-0.15, -0.1) is 10.2 Å². The van der Waals surface area contributed by atoms with Crippen molar-refractivity contribution in [3.05, 3.63) is 34.8 Å². The number of pyridine rings is 1. The third-order valence-electron chi connectivity index (χ3n) is 2.38. The van der Waals surface area contributed by atoms with E-state index in [4.69, 9.17) is 0 Å². The maximum atomic E-state index is 13.8. The van der Waals surface area contributed by atoms with E-state index < -0.39 is 5.82 Å². The van der Waals surface area contributed by atoms with Gasteiger partial charge >= 0.3 is 0 Å². The first-order valence-electron chi connectivity index (χ1n) is 4.72. The van der Waals surface area contributed by atoms with Crippen molar-refractivity contribution in [2.75, 3.05) is 0 Å². The Kier molecular flexibility index (Phi) is 2.32. The molecule has 5 nitrogen and oxygen atoms in total. The van der Waals surface area contributed by atoms with Crippen LogP contribution in [0, 0.1) is 5.82 Å². The Morgan fingerprint density at radius 2 is 2.12 bits per heavy atom. The Labute approximate surface area is 103 Å². The third-order valence-corrected chi connectivity index (χ3v) is 3.02. The summed E-state index contributed by atoms with van der Waals surface area (Å²) in [4.78, 5) is 3.98. The number of hydrogen-bond acceptors (Lipinski definition) is 4. The van der Waals surface area contributed by atoms with Gasteiger partial charge in [0.1, 0.15) is 5.82 Å². The fraction of sp³-hybridized carbons (Fsp3) is 0. The van der Waals surface area contributed by atoms with Crippen molar-refractivity contribution < 1.29 is 4.39 Å². The first-order valence-corrected chi connectivity index (χ1v) is 5.51. The van der Waals surface area contributed by atoms with Crippen LogP contribution in [0.3, 0.4) is 0 Å². The zero-order chi connectivity index (χ0) is 11.8. The van der Waals surface area contributed by atoms with Crippen molar-refractivity contribution in [2.45, 2.75) is 0 Å². The van der Waals surface area contributed by atoms with Crippen LogP contribution >= 0.6 is 15.9 Å². The summed E-state index contributed by atoms with van der Waals surface area (Å²) in [5.74, 6) is -0.174. The molecule has 2 heterocycles. The minimum absolute atomic E-state index is 0.230. The molecule has 3 aromatic rings. The van der Waals surface area contributed by atoms with E-state index >= 15 is 0 Å². The van der Waals surface area contributed by atoms with Crippen LogP contribution in [0.25, 0.3) is 22.2 Å². The van der Waals surface area contributed by atoms with Gasteiger partial charge < -0.3 is 0 Å². The topological polar surface area (TPSA) is 67.3 Å². The lowest BCUT2D eigenvalue weighted by molar-refractivity contribution is 0.631. The second kappa shape index (κ2) is 3.85. The Hall–Kier alpha value is -1.89. The fourth-order valence-electron chi connectivity index (χ4n) is 1.60. The molecule has 84 valence electrons. The summed E-state index contributed by atoms with van der Waals surface area (Å²) in [6.45, 7) is 0. The molecule has 17 heavy (non-hydrogen) atoms. The second-order valence-electron chi connectivity index (χ2n) is 3.41. The van der Waals surface area contributed by atoms with Gasteiger partial charge in [0.2, 0.25) is 5.82 Å². The van der Waals surface area contributed by atoms with E-state index in [0.29, 0.717) is 10.9 Å². The van der Waals surface area contributed by atoms with Gasteiger partial charge in [-0.3, -0.25) is 4.98 Å². The minimum atomic E-state index is -0.404. The Morgan fingerprint density at radius 1 is 1.24 bits per heavy atom. The summed E-state index contributed by atoms with van der Waals surface area (Å²) in [5.41, 5.74) is 0.304. The van der Waals surface area contributed by atoms with Crippen LogP contribution in [-0.4, -0.2) is 25.6 Å². The number of H-pyrrole nitrogens is 1. The quantitative estimate of drug-likeness (QED) is 0.748. The average Bonchev–Trinajstić information content (AvgIpc) is 2.82. The molecule has 0 unspecified atom stereocenters. The molecule has 2 aromatic heterocycles. The molecule has 0 bridgehead atoms. The van der Waals surface area contributed by atoms with Crippen LogP contribution in [0.4, 0.5) is 4.39 Å². The monoisotopic (exact) mass is 293 g/mol. The Morgan fingerprint density at radius 3 is 2.88 bits per heavy atom. The molecule has 0 amide bonds. The number of tetrazole rings is 1. The standard InChI is InChI=1S/C10H5BrFN5/c11-8-4-13-3-5-1-9(12)7(2-6(5)8)10-14-16-17-15-10/h1-4H,(H,14,15,16,17). The predicted octanol–water partition coefficient (Wildman–Crippen LogP) is 2.32. The average molecular weight is 294 g/mol. The van der Waals surface area contributed by atoms with Gasteiger partial charge in [-0.2, -0.15) is 5.21 Å². The molecule has 3 rings (SSSR count). The molecule has 0 radical (unpaired) electrons. The van der Waals surface area contributed by atoms with E-state index in [1.54, 1.807) is 18.5 Å². The van der Waals surface area contributed by atoms with Gasteiger partial charge in [-0.1, -0.05) is 0 Å². The van der Waals surface area contributed by atoms with E-state index in [-0.39, 0.29) is 5.82 Å². The molecule has 0 saturated heterocycles. The molecule has 0 spiro atoms. The molecule has 1 aromatic carbocycles. The fourth-order valence-corrected chi connectivity index (χ4v) is 2.06. The number of aromatic nitrogens is 5. The minimum Gasteiger partial charge on any atom is -0.263 e. The molecule has 0 aliphatic heterocycles. The maximum absolute atomic E-state index is 13.8. The number of halogens is 2. The Bertz CT molecular complexity index is 682. The summed E-state index contributed by atoms with van der Waals surface area (Å²) in [5, 5.41) is 14.8. The van der Waals surface area contributed by atoms with Crippen molar-refractivity contribution in [1.82, 2.24) is 25.6 Å². The third kappa shape index (κ3) is 1.68. The van der Waals surface area contributed by atoms with E-state index in [1.165, 1.54) is 6.07 Å². The number of fused-ring (bicyclic) bond motifs is 1. The van der Waals surface area contributed by atoms with Crippen molar-refractivity contribution in [2.24, 2.45) is 0 Å². The predicted molar refractivity (Wildman–Crippen MR) is 62.6 cm³/mol. The molecule has 0 atom stereocenters. The van der Waals surface area contributed by atoms with Crippen molar-refractivity contribution >= 4 is 26.7 Å². The highest BCUT2D eigenvalue weighted by atomic mass is 79.9.